The molecule has 0 bridgehead atoms. The molecule has 126 valence electrons. The van der Waals surface area contributed by atoms with Crippen LogP contribution >= 0.6 is 11.3 Å². The molecule has 3 rings (SSSR count). The van der Waals surface area contributed by atoms with Crippen molar-refractivity contribution in [1.82, 2.24) is 4.90 Å². The molecule has 2 aromatic rings. The lowest BCUT2D eigenvalue weighted by atomic mass is 10.1. The summed E-state index contributed by atoms with van der Waals surface area (Å²) in [6.07, 6.45) is 0.520. The number of thiophene rings is 1. The van der Waals surface area contributed by atoms with E-state index in [4.69, 9.17) is 0 Å². The van der Waals surface area contributed by atoms with Gasteiger partial charge < -0.3 is 14.9 Å². The molecule has 1 aliphatic heterocycles. The van der Waals surface area contributed by atoms with Crippen LogP contribution in [0.4, 0.5) is 5.69 Å². The average molecular weight is 344 g/mol. The van der Waals surface area contributed by atoms with E-state index >= 15 is 0 Å². The highest BCUT2D eigenvalue weighted by Gasteiger charge is 2.23. The molecule has 2 heterocycles. The quantitative estimate of drug-likeness (QED) is 0.847. The van der Waals surface area contributed by atoms with Crippen molar-refractivity contribution >= 4 is 28.7 Å². The lowest BCUT2D eigenvalue weighted by molar-refractivity contribution is -0.131. The van der Waals surface area contributed by atoms with Crippen LogP contribution in [0.1, 0.15) is 22.5 Å². The van der Waals surface area contributed by atoms with E-state index in [1.165, 1.54) is 11.3 Å². The number of amides is 1. The van der Waals surface area contributed by atoms with Crippen molar-refractivity contribution in [2.45, 2.75) is 12.8 Å². The Balaban J connectivity index is 1.48. The SMILES string of the molecule is O=C(CCC(=O)N1CCN(c2ccccc2O)CC1)c1cccs1. The van der Waals surface area contributed by atoms with Crippen LogP contribution in [0.15, 0.2) is 41.8 Å². The third kappa shape index (κ3) is 3.76. The maximum Gasteiger partial charge on any atom is 0.223 e. The normalized spacial score (nSPS) is 14.7. The highest BCUT2D eigenvalue weighted by atomic mass is 32.1. The molecule has 0 unspecified atom stereocenters. The van der Waals surface area contributed by atoms with Crippen LogP contribution in [0.2, 0.25) is 0 Å². The number of ketones is 1. The smallest absolute Gasteiger partial charge is 0.223 e. The summed E-state index contributed by atoms with van der Waals surface area (Å²) in [5.74, 6) is 0.321. The van der Waals surface area contributed by atoms with Gasteiger partial charge in [0.1, 0.15) is 5.75 Å². The van der Waals surface area contributed by atoms with Gasteiger partial charge >= 0.3 is 0 Å². The Morgan fingerprint density at radius 2 is 1.75 bits per heavy atom. The van der Waals surface area contributed by atoms with Crippen molar-refractivity contribution in [3.8, 4) is 5.75 Å². The number of rotatable bonds is 5. The minimum Gasteiger partial charge on any atom is -0.506 e. The molecular formula is C18H20N2O3S. The predicted molar refractivity (Wildman–Crippen MR) is 94.8 cm³/mol. The molecule has 5 nitrogen and oxygen atoms in total. The largest absolute Gasteiger partial charge is 0.506 e. The minimum absolute atomic E-state index is 0.0249. The van der Waals surface area contributed by atoms with E-state index < -0.39 is 0 Å². The first kappa shape index (κ1) is 16.5. The lowest BCUT2D eigenvalue weighted by Crippen LogP contribution is -2.48. The molecule has 0 atom stereocenters. The average Bonchev–Trinajstić information content (AvgIpc) is 3.15. The fourth-order valence-electron chi connectivity index (χ4n) is 2.87. The van der Waals surface area contributed by atoms with Gasteiger partial charge in [-0.2, -0.15) is 0 Å². The van der Waals surface area contributed by atoms with E-state index in [0.717, 1.165) is 5.69 Å². The molecule has 1 aliphatic rings. The number of benzene rings is 1. The molecule has 6 heteroatoms. The monoisotopic (exact) mass is 344 g/mol. The number of Topliss-reactive ketones (excluding diaryl/α,β-unsaturated/α-hetero) is 1. The van der Waals surface area contributed by atoms with Crippen molar-refractivity contribution in [3.63, 3.8) is 0 Å². The Hall–Kier alpha value is -2.34. The molecule has 0 aliphatic carbocycles. The number of carbonyl (C=O) groups is 2. The van der Waals surface area contributed by atoms with Gasteiger partial charge in [-0.3, -0.25) is 9.59 Å². The van der Waals surface area contributed by atoms with Crippen molar-refractivity contribution < 1.29 is 14.7 Å². The zero-order valence-electron chi connectivity index (χ0n) is 13.4. The number of anilines is 1. The Morgan fingerprint density at radius 1 is 1.00 bits per heavy atom. The fraction of sp³-hybridized carbons (Fsp3) is 0.333. The standard InChI is InChI=1S/C18H20N2O3S/c21-15-5-2-1-4-14(15)19-9-11-20(12-10-19)18(23)8-7-16(22)17-6-3-13-24-17/h1-6,13,21H,7-12H2. The van der Waals surface area contributed by atoms with E-state index in [9.17, 15) is 14.7 Å². The Kier molecular flexibility index (Phi) is 5.15. The molecule has 1 fully saturated rings. The molecule has 0 saturated carbocycles. The van der Waals surface area contributed by atoms with Crippen LogP contribution < -0.4 is 4.90 Å². The van der Waals surface area contributed by atoms with Crippen molar-refractivity contribution in [1.29, 1.82) is 0 Å². The van der Waals surface area contributed by atoms with Gasteiger partial charge in [-0.1, -0.05) is 18.2 Å². The maximum absolute atomic E-state index is 12.3. The number of nitrogens with zero attached hydrogens (tertiary/aromatic N) is 2. The molecule has 0 radical (unpaired) electrons. The van der Waals surface area contributed by atoms with Crippen molar-refractivity contribution in [2.75, 3.05) is 31.1 Å². The number of hydrogen-bond donors (Lipinski definition) is 1. The number of piperazine rings is 1. The summed E-state index contributed by atoms with van der Waals surface area (Å²) < 4.78 is 0. The second-order valence-corrected chi connectivity index (χ2v) is 6.70. The van der Waals surface area contributed by atoms with E-state index in [2.05, 4.69) is 4.90 Å². The molecule has 24 heavy (non-hydrogen) atoms. The number of aromatic hydroxyl groups is 1. The summed E-state index contributed by atoms with van der Waals surface area (Å²) in [6.45, 7) is 2.59. The van der Waals surface area contributed by atoms with Gasteiger partial charge in [-0.25, -0.2) is 0 Å². The van der Waals surface area contributed by atoms with Crippen LogP contribution in [0.3, 0.4) is 0 Å². The number of carbonyl (C=O) groups excluding carboxylic acids is 2. The summed E-state index contributed by atoms with van der Waals surface area (Å²) in [5, 5.41) is 11.8. The van der Waals surface area contributed by atoms with E-state index in [1.807, 2.05) is 23.6 Å². The number of para-hydroxylation sites is 2. The van der Waals surface area contributed by atoms with Crippen LogP contribution in [0, 0.1) is 0 Å². The van der Waals surface area contributed by atoms with E-state index in [1.54, 1.807) is 23.1 Å². The number of phenolic OH excluding ortho intramolecular Hbond substituents is 1. The Labute approximate surface area is 145 Å². The zero-order valence-corrected chi connectivity index (χ0v) is 14.2. The van der Waals surface area contributed by atoms with E-state index in [-0.39, 0.29) is 30.3 Å². The third-order valence-electron chi connectivity index (χ3n) is 4.22. The van der Waals surface area contributed by atoms with Gasteiger partial charge in [0.25, 0.3) is 0 Å². The van der Waals surface area contributed by atoms with Crippen LogP contribution in [-0.2, 0) is 4.79 Å². The number of hydrogen-bond acceptors (Lipinski definition) is 5. The van der Waals surface area contributed by atoms with Gasteiger partial charge in [0.05, 0.1) is 10.6 Å². The molecule has 1 N–H and O–H groups in total. The molecule has 0 spiro atoms. The van der Waals surface area contributed by atoms with Gasteiger partial charge in [-0.05, 0) is 23.6 Å². The summed E-state index contributed by atoms with van der Waals surface area (Å²) in [6, 6.07) is 10.9. The summed E-state index contributed by atoms with van der Waals surface area (Å²) >= 11 is 1.41. The first-order valence-corrected chi connectivity index (χ1v) is 8.90. The molecule has 1 aromatic carbocycles. The molecule has 1 saturated heterocycles. The summed E-state index contributed by atoms with van der Waals surface area (Å²) in [7, 11) is 0. The first-order valence-electron chi connectivity index (χ1n) is 8.02. The topological polar surface area (TPSA) is 60.9 Å². The first-order chi connectivity index (χ1) is 11.6. The molecule has 1 aromatic heterocycles. The zero-order chi connectivity index (χ0) is 16.9. The number of phenols is 1. The van der Waals surface area contributed by atoms with Gasteiger partial charge in [0.2, 0.25) is 5.91 Å². The molecule has 1 amide bonds. The van der Waals surface area contributed by atoms with Crippen LogP contribution in [-0.4, -0.2) is 47.9 Å². The fourth-order valence-corrected chi connectivity index (χ4v) is 3.56. The maximum atomic E-state index is 12.3. The highest BCUT2D eigenvalue weighted by Crippen LogP contribution is 2.27. The third-order valence-corrected chi connectivity index (χ3v) is 5.13. The van der Waals surface area contributed by atoms with Gasteiger partial charge in [0, 0.05) is 39.0 Å². The predicted octanol–water partition coefficient (Wildman–Crippen LogP) is 2.77. The van der Waals surface area contributed by atoms with Crippen LogP contribution in [0.25, 0.3) is 0 Å². The molecular weight excluding hydrogens is 324 g/mol. The van der Waals surface area contributed by atoms with Gasteiger partial charge in [-0.15, -0.1) is 11.3 Å². The summed E-state index contributed by atoms with van der Waals surface area (Å²) in [4.78, 5) is 28.9. The van der Waals surface area contributed by atoms with Crippen LogP contribution in [0.5, 0.6) is 5.75 Å². The lowest BCUT2D eigenvalue weighted by Gasteiger charge is -2.36. The van der Waals surface area contributed by atoms with Crippen molar-refractivity contribution in [3.05, 3.63) is 46.7 Å². The van der Waals surface area contributed by atoms with Gasteiger partial charge in [0.15, 0.2) is 5.78 Å². The summed E-state index contributed by atoms with van der Waals surface area (Å²) in [5.41, 5.74) is 0.803. The van der Waals surface area contributed by atoms with Crippen molar-refractivity contribution in [2.24, 2.45) is 0 Å². The Bertz CT molecular complexity index is 707. The Morgan fingerprint density at radius 3 is 2.42 bits per heavy atom. The second kappa shape index (κ2) is 7.49. The second-order valence-electron chi connectivity index (χ2n) is 5.76. The highest BCUT2D eigenvalue weighted by molar-refractivity contribution is 7.12. The minimum atomic E-state index is 0.0249. The van der Waals surface area contributed by atoms with E-state index in [0.29, 0.717) is 31.1 Å².